The highest BCUT2D eigenvalue weighted by Gasteiger charge is 2.17. The number of rotatable bonds is 1. The second-order valence-corrected chi connectivity index (χ2v) is 4.74. The van der Waals surface area contributed by atoms with Crippen LogP contribution in [0.2, 0.25) is 5.15 Å². The van der Waals surface area contributed by atoms with E-state index >= 15 is 0 Å². The second-order valence-electron chi connectivity index (χ2n) is 4.38. The minimum absolute atomic E-state index is 0.591. The number of aromatic nitrogens is 2. The number of benzene rings is 1. The van der Waals surface area contributed by atoms with E-state index in [-0.39, 0.29) is 0 Å². The number of halogens is 1. The van der Waals surface area contributed by atoms with Gasteiger partial charge in [0.25, 0.3) is 0 Å². The molecule has 1 aromatic carbocycles. The van der Waals surface area contributed by atoms with Crippen molar-refractivity contribution < 1.29 is 0 Å². The Morgan fingerprint density at radius 3 is 3.12 bits per heavy atom. The maximum atomic E-state index is 6.05. The molecule has 1 aromatic heterocycles. The van der Waals surface area contributed by atoms with Gasteiger partial charge in [-0.15, -0.1) is 0 Å². The van der Waals surface area contributed by atoms with Gasteiger partial charge in [-0.25, -0.2) is 0 Å². The summed E-state index contributed by atoms with van der Waals surface area (Å²) in [5.41, 5.74) is 2.51. The number of nitrogens with zero attached hydrogens (tertiary/aromatic N) is 2. The van der Waals surface area contributed by atoms with Gasteiger partial charge >= 0.3 is 0 Å². The van der Waals surface area contributed by atoms with Crippen LogP contribution in [0.1, 0.15) is 17.9 Å². The molecule has 1 fully saturated rings. The number of nitrogens with one attached hydrogen (secondary N) is 1. The molecule has 1 aliphatic rings. The lowest BCUT2D eigenvalue weighted by Gasteiger charge is -2.08. The first-order valence-electron chi connectivity index (χ1n) is 5.58. The Morgan fingerprint density at radius 1 is 1.50 bits per heavy atom. The van der Waals surface area contributed by atoms with Crippen LogP contribution in [0.3, 0.4) is 0 Å². The van der Waals surface area contributed by atoms with Gasteiger partial charge in [-0.05, 0) is 36.6 Å². The molecule has 0 saturated carbocycles. The molecule has 1 saturated heterocycles. The van der Waals surface area contributed by atoms with E-state index in [1.165, 1.54) is 12.0 Å². The van der Waals surface area contributed by atoms with E-state index in [0.717, 1.165) is 24.0 Å². The topological polar surface area (TPSA) is 29.9 Å². The lowest BCUT2D eigenvalue weighted by atomic mass is 9.97. The smallest absolute Gasteiger partial charge is 0.158 e. The number of hydrogen-bond donors (Lipinski definition) is 1. The minimum Gasteiger partial charge on any atom is -0.316 e. The largest absolute Gasteiger partial charge is 0.316 e. The zero-order valence-corrected chi connectivity index (χ0v) is 9.96. The van der Waals surface area contributed by atoms with Crippen LogP contribution in [0.15, 0.2) is 18.2 Å². The summed E-state index contributed by atoms with van der Waals surface area (Å²) in [6, 6.07) is 6.47. The number of fused-ring (bicyclic) bond motifs is 1. The zero-order valence-electron chi connectivity index (χ0n) is 9.20. The quantitative estimate of drug-likeness (QED) is 0.822. The van der Waals surface area contributed by atoms with Crippen LogP contribution in [-0.2, 0) is 7.05 Å². The molecule has 2 heterocycles. The van der Waals surface area contributed by atoms with E-state index in [9.17, 15) is 0 Å². The van der Waals surface area contributed by atoms with E-state index in [4.69, 9.17) is 11.6 Å². The molecule has 16 heavy (non-hydrogen) atoms. The van der Waals surface area contributed by atoms with Crippen LogP contribution in [0.5, 0.6) is 0 Å². The molecule has 1 N–H and O–H groups in total. The lowest BCUT2D eigenvalue weighted by Crippen LogP contribution is -2.07. The molecule has 1 aliphatic heterocycles. The van der Waals surface area contributed by atoms with Crippen molar-refractivity contribution >= 4 is 22.5 Å². The molecule has 0 radical (unpaired) electrons. The lowest BCUT2D eigenvalue weighted by molar-refractivity contribution is 0.760. The monoisotopic (exact) mass is 235 g/mol. The highest BCUT2D eigenvalue weighted by molar-refractivity contribution is 6.34. The fraction of sp³-hybridized carbons (Fsp3) is 0.417. The Balaban J connectivity index is 2.11. The Kier molecular flexibility index (Phi) is 2.37. The van der Waals surface area contributed by atoms with E-state index in [1.807, 2.05) is 11.7 Å². The van der Waals surface area contributed by atoms with Crippen molar-refractivity contribution in [2.24, 2.45) is 7.05 Å². The van der Waals surface area contributed by atoms with Crippen molar-refractivity contribution in [2.75, 3.05) is 13.1 Å². The second kappa shape index (κ2) is 3.75. The summed E-state index contributed by atoms with van der Waals surface area (Å²) in [5, 5.41) is 9.25. The Morgan fingerprint density at radius 2 is 2.38 bits per heavy atom. The maximum Gasteiger partial charge on any atom is 0.158 e. The van der Waals surface area contributed by atoms with Gasteiger partial charge in [0, 0.05) is 19.0 Å². The van der Waals surface area contributed by atoms with Crippen molar-refractivity contribution in [1.29, 1.82) is 0 Å². The number of hydrogen-bond acceptors (Lipinski definition) is 2. The molecular formula is C12H14ClN3. The molecule has 0 amide bonds. The third kappa shape index (κ3) is 1.51. The Hall–Kier alpha value is -1.06. The normalized spacial score (nSPS) is 20.8. The molecule has 0 bridgehead atoms. The molecule has 0 aliphatic carbocycles. The van der Waals surface area contributed by atoms with E-state index < -0.39 is 0 Å². The molecular weight excluding hydrogens is 222 g/mol. The highest BCUT2D eigenvalue weighted by Crippen LogP contribution is 2.28. The highest BCUT2D eigenvalue weighted by atomic mass is 35.5. The molecule has 1 atom stereocenters. The Bertz CT molecular complexity index is 526. The molecule has 3 rings (SSSR count). The van der Waals surface area contributed by atoms with Crippen LogP contribution < -0.4 is 5.32 Å². The van der Waals surface area contributed by atoms with Crippen LogP contribution in [0, 0.1) is 0 Å². The summed E-state index contributed by atoms with van der Waals surface area (Å²) in [6.07, 6.45) is 1.22. The third-order valence-corrected chi connectivity index (χ3v) is 3.64. The minimum atomic E-state index is 0.591. The fourth-order valence-electron chi connectivity index (χ4n) is 2.42. The summed E-state index contributed by atoms with van der Waals surface area (Å²) < 4.78 is 1.85. The first kappa shape index (κ1) is 10.1. The first-order valence-corrected chi connectivity index (χ1v) is 5.96. The molecule has 0 spiro atoms. The molecule has 2 aromatic rings. The first-order chi connectivity index (χ1) is 7.75. The standard InChI is InChI=1S/C12H14ClN3/c1-16-11-6-8(9-4-5-14-7-9)2-3-10(11)12(13)15-16/h2-3,6,9,14H,4-5,7H2,1H3. The average Bonchev–Trinajstić information content (AvgIpc) is 2.88. The van der Waals surface area contributed by atoms with Crippen molar-refractivity contribution in [2.45, 2.75) is 12.3 Å². The summed E-state index contributed by atoms with van der Waals surface area (Å²) in [5.74, 6) is 0.637. The van der Waals surface area contributed by atoms with Gasteiger partial charge in [-0.2, -0.15) is 5.10 Å². The number of aryl methyl sites for hydroxylation is 1. The van der Waals surface area contributed by atoms with Crippen LogP contribution in [0.25, 0.3) is 10.9 Å². The average molecular weight is 236 g/mol. The summed E-state index contributed by atoms with van der Waals surface area (Å²) in [4.78, 5) is 0. The van der Waals surface area contributed by atoms with Gasteiger partial charge in [-0.1, -0.05) is 17.7 Å². The fourth-order valence-corrected chi connectivity index (χ4v) is 2.70. The van der Waals surface area contributed by atoms with Crippen molar-refractivity contribution in [3.05, 3.63) is 28.9 Å². The van der Waals surface area contributed by atoms with Crippen LogP contribution >= 0.6 is 11.6 Å². The van der Waals surface area contributed by atoms with Gasteiger partial charge in [-0.3, -0.25) is 4.68 Å². The molecule has 1 unspecified atom stereocenters. The molecule has 3 nitrogen and oxygen atoms in total. The summed E-state index contributed by atoms with van der Waals surface area (Å²) >= 11 is 6.05. The van der Waals surface area contributed by atoms with Crippen molar-refractivity contribution in [3.8, 4) is 0 Å². The Labute approximate surface area is 99.4 Å². The van der Waals surface area contributed by atoms with E-state index in [0.29, 0.717) is 11.1 Å². The molecule has 4 heteroatoms. The van der Waals surface area contributed by atoms with Crippen LogP contribution in [0.4, 0.5) is 0 Å². The zero-order chi connectivity index (χ0) is 11.1. The predicted molar refractivity (Wildman–Crippen MR) is 66.0 cm³/mol. The summed E-state index contributed by atoms with van der Waals surface area (Å²) in [7, 11) is 1.94. The van der Waals surface area contributed by atoms with E-state index in [2.05, 4.69) is 28.6 Å². The van der Waals surface area contributed by atoms with E-state index in [1.54, 1.807) is 0 Å². The maximum absolute atomic E-state index is 6.05. The predicted octanol–water partition coefficient (Wildman–Crippen LogP) is 2.30. The van der Waals surface area contributed by atoms with Crippen molar-refractivity contribution in [1.82, 2.24) is 15.1 Å². The SMILES string of the molecule is Cn1nc(Cl)c2ccc(C3CCNC3)cc21. The molecule has 84 valence electrons. The van der Waals surface area contributed by atoms with Gasteiger partial charge in [0.15, 0.2) is 5.15 Å². The van der Waals surface area contributed by atoms with Gasteiger partial charge in [0.05, 0.1) is 5.52 Å². The van der Waals surface area contributed by atoms with Gasteiger partial charge in [0.2, 0.25) is 0 Å². The third-order valence-electron chi connectivity index (χ3n) is 3.36. The van der Waals surface area contributed by atoms with Crippen LogP contribution in [-0.4, -0.2) is 22.9 Å². The summed E-state index contributed by atoms with van der Waals surface area (Å²) in [6.45, 7) is 2.20. The van der Waals surface area contributed by atoms with Gasteiger partial charge < -0.3 is 5.32 Å². The van der Waals surface area contributed by atoms with Crippen molar-refractivity contribution in [3.63, 3.8) is 0 Å². The van der Waals surface area contributed by atoms with Gasteiger partial charge in [0.1, 0.15) is 0 Å².